The van der Waals surface area contributed by atoms with Gasteiger partial charge in [-0.1, -0.05) is 13.0 Å². The summed E-state index contributed by atoms with van der Waals surface area (Å²) in [6.45, 7) is 6.27. The fourth-order valence-corrected chi connectivity index (χ4v) is 4.58. The van der Waals surface area contributed by atoms with Crippen LogP contribution in [0.2, 0.25) is 0 Å². The molecule has 1 atom stereocenters. The third-order valence-electron chi connectivity index (χ3n) is 5.20. The van der Waals surface area contributed by atoms with Gasteiger partial charge in [-0.25, -0.2) is 13.1 Å². The molecule has 1 aliphatic heterocycles. The molecule has 1 aliphatic rings. The number of carbonyl (C=O) groups is 3. The van der Waals surface area contributed by atoms with Gasteiger partial charge in [-0.05, 0) is 44.4 Å². The highest BCUT2D eigenvalue weighted by molar-refractivity contribution is 7.89. The number of carbonyl (C=O) groups excluding carboxylic acids is 3. The summed E-state index contributed by atoms with van der Waals surface area (Å²) in [5.41, 5.74) is 0.831. The lowest BCUT2D eigenvalue weighted by atomic mass is 9.98. The summed E-state index contributed by atoms with van der Waals surface area (Å²) in [5, 5.41) is 0. The number of esters is 1. The minimum atomic E-state index is -3.71. The predicted molar refractivity (Wildman–Crippen MR) is 115 cm³/mol. The van der Waals surface area contributed by atoms with E-state index in [0.717, 1.165) is 0 Å². The van der Waals surface area contributed by atoms with E-state index in [2.05, 4.69) is 4.72 Å². The maximum absolute atomic E-state index is 12.9. The molecule has 0 bridgehead atoms. The van der Waals surface area contributed by atoms with Crippen molar-refractivity contribution in [2.24, 2.45) is 5.92 Å². The molecule has 9 nitrogen and oxygen atoms in total. The Bertz CT molecular complexity index is 931. The molecule has 0 radical (unpaired) electrons. The lowest BCUT2D eigenvalue weighted by molar-refractivity contribution is -0.151. The van der Waals surface area contributed by atoms with Gasteiger partial charge in [0.25, 0.3) is 5.91 Å². The third-order valence-corrected chi connectivity index (χ3v) is 6.74. The lowest BCUT2D eigenvalue weighted by Crippen LogP contribution is -2.47. The lowest BCUT2D eigenvalue weighted by Gasteiger charge is -2.32. The molecule has 1 N–H and O–H groups in total. The van der Waals surface area contributed by atoms with Gasteiger partial charge in [0.2, 0.25) is 15.9 Å². The van der Waals surface area contributed by atoms with E-state index in [1.807, 2.05) is 0 Å². The van der Waals surface area contributed by atoms with Crippen molar-refractivity contribution in [3.05, 3.63) is 29.3 Å². The van der Waals surface area contributed by atoms with Crippen LogP contribution in [0.5, 0.6) is 0 Å². The Morgan fingerprint density at radius 1 is 1.26 bits per heavy atom. The molecule has 2 amide bonds. The molecular weight excluding hydrogens is 422 g/mol. The monoisotopic (exact) mass is 453 g/mol. The van der Waals surface area contributed by atoms with Gasteiger partial charge in [0.05, 0.1) is 24.0 Å². The van der Waals surface area contributed by atoms with Crippen LogP contribution in [0.3, 0.4) is 0 Å². The van der Waals surface area contributed by atoms with Gasteiger partial charge in [0.15, 0.2) is 0 Å². The number of hydrogen-bond acceptors (Lipinski definition) is 6. The fraction of sp³-hybridized carbons (Fsp3) is 0.571. The number of benzene rings is 1. The van der Waals surface area contributed by atoms with E-state index in [9.17, 15) is 22.8 Å². The maximum atomic E-state index is 12.9. The van der Waals surface area contributed by atoms with E-state index in [1.165, 1.54) is 24.1 Å². The summed E-state index contributed by atoms with van der Waals surface area (Å²) in [7, 11) is -2.21. The van der Waals surface area contributed by atoms with Gasteiger partial charge in [-0.3, -0.25) is 14.4 Å². The second-order valence-corrected chi connectivity index (χ2v) is 9.34. The molecule has 1 aromatic carbocycles. The van der Waals surface area contributed by atoms with Gasteiger partial charge >= 0.3 is 5.97 Å². The van der Waals surface area contributed by atoms with Crippen LogP contribution in [-0.2, 0) is 24.3 Å². The van der Waals surface area contributed by atoms with E-state index < -0.39 is 15.9 Å². The molecular formula is C21H31N3O6S. The summed E-state index contributed by atoms with van der Waals surface area (Å²) in [6.07, 6.45) is 1.36. The minimum absolute atomic E-state index is 0.00339. The first-order chi connectivity index (χ1) is 14.6. The largest absolute Gasteiger partial charge is 0.466 e. The second kappa shape index (κ2) is 10.7. The number of nitrogens with zero attached hydrogens (tertiary/aromatic N) is 2. The van der Waals surface area contributed by atoms with Crippen LogP contribution in [0, 0.1) is 12.8 Å². The van der Waals surface area contributed by atoms with Crippen molar-refractivity contribution in [1.29, 1.82) is 0 Å². The summed E-state index contributed by atoms with van der Waals surface area (Å²) in [6, 6.07) is 4.34. The summed E-state index contributed by atoms with van der Waals surface area (Å²) in [5.74, 6) is -1.37. The molecule has 0 aliphatic carbocycles. The van der Waals surface area contributed by atoms with Gasteiger partial charge in [0.1, 0.15) is 0 Å². The molecule has 1 heterocycles. The van der Waals surface area contributed by atoms with Crippen molar-refractivity contribution in [2.75, 3.05) is 39.8 Å². The summed E-state index contributed by atoms with van der Waals surface area (Å²) in [4.78, 5) is 40.5. The molecule has 0 spiro atoms. The zero-order valence-corrected chi connectivity index (χ0v) is 19.3. The number of nitrogens with one attached hydrogen (secondary N) is 1. The molecule has 1 unspecified atom stereocenters. The van der Waals surface area contributed by atoms with Crippen molar-refractivity contribution in [3.8, 4) is 0 Å². The normalized spacial score (nSPS) is 16.6. The third kappa shape index (κ3) is 6.27. The van der Waals surface area contributed by atoms with Crippen LogP contribution in [0.4, 0.5) is 0 Å². The Morgan fingerprint density at radius 3 is 2.61 bits per heavy atom. The Balaban J connectivity index is 2.10. The van der Waals surface area contributed by atoms with Crippen LogP contribution in [-0.4, -0.2) is 75.8 Å². The molecule has 2 rings (SSSR count). The number of aryl methyl sites for hydroxylation is 1. The number of sulfonamides is 1. The quantitative estimate of drug-likeness (QED) is 0.591. The van der Waals surface area contributed by atoms with Crippen molar-refractivity contribution < 1.29 is 27.5 Å². The molecule has 1 fully saturated rings. The average Bonchev–Trinajstić information content (AvgIpc) is 2.73. The standard InChI is InChI=1S/C21H31N3O6S/c1-5-22-31(28,29)17-10-9-15(3)18(12-17)20(26)23(4)14-19(25)24-11-7-8-16(13-24)21(27)30-6-2/h9-10,12,16,22H,5-8,11,13-14H2,1-4H3. The summed E-state index contributed by atoms with van der Waals surface area (Å²) < 4.78 is 32.0. The Hall–Kier alpha value is -2.46. The number of ether oxygens (including phenoxy) is 1. The predicted octanol–water partition coefficient (Wildman–Crippen LogP) is 1.17. The second-order valence-electron chi connectivity index (χ2n) is 7.57. The smallest absolute Gasteiger partial charge is 0.310 e. The van der Waals surface area contributed by atoms with Crippen LogP contribution >= 0.6 is 0 Å². The van der Waals surface area contributed by atoms with E-state index in [-0.39, 0.29) is 47.9 Å². The minimum Gasteiger partial charge on any atom is -0.466 e. The molecule has 0 aromatic heterocycles. The molecule has 31 heavy (non-hydrogen) atoms. The van der Waals surface area contributed by atoms with Gasteiger partial charge in [-0.2, -0.15) is 0 Å². The number of likely N-dealkylation sites (N-methyl/N-ethyl adjacent to an activating group) is 1. The number of likely N-dealkylation sites (tertiary alicyclic amines) is 1. The first kappa shape index (κ1) is 24.8. The Labute approximate surface area is 183 Å². The zero-order chi connectivity index (χ0) is 23.2. The number of hydrogen-bond donors (Lipinski definition) is 1. The molecule has 10 heteroatoms. The van der Waals surface area contributed by atoms with Crippen molar-refractivity contribution in [3.63, 3.8) is 0 Å². The van der Waals surface area contributed by atoms with Gasteiger partial charge in [0, 0.05) is 32.2 Å². The Morgan fingerprint density at radius 2 is 1.97 bits per heavy atom. The van der Waals surface area contributed by atoms with E-state index in [4.69, 9.17) is 4.74 Å². The average molecular weight is 454 g/mol. The van der Waals surface area contributed by atoms with E-state index in [1.54, 1.807) is 31.7 Å². The highest BCUT2D eigenvalue weighted by Crippen LogP contribution is 2.20. The van der Waals surface area contributed by atoms with E-state index >= 15 is 0 Å². The number of amides is 2. The molecule has 0 saturated carbocycles. The topological polar surface area (TPSA) is 113 Å². The molecule has 172 valence electrons. The number of piperidine rings is 1. The SMILES string of the molecule is CCNS(=O)(=O)c1ccc(C)c(C(=O)N(C)CC(=O)N2CCCC(C(=O)OCC)C2)c1. The van der Waals surface area contributed by atoms with Crippen LogP contribution < -0.4 is 4.72 Å². The molecule has 1 saturated heterocycles. The van der Waals surface area contributed by atoms with E-state index in [0.29, 0.717) is 31.6 Å². The maximum Gasteiger partial charge on any atom is 0.310 e. The number of rotatable bonds is 8. The summed E-state index contributed by atoms with van der Waals surface area (Å²) >= 11 is 0. The van der Waals surface area contributed by atoms with Gasteiger partial charge < -0.3 is 14.5 Å². The van der Waals surface area contributed by atoms with Crippen molar-refractivity contribution in [2.45, 2.75) is 38.5 Å². The first-order valence-corrected chi connectivity index (χ1v) is 11.9. The van der Waals surface area contributed by atoms with Crippen molar-refractivity contribution in [1.82, 2.24) is 14.5 Å². The Kier molecular flexibility index (Phi) is 8.58. The first-order valence-electron chi connectivity index (χ1n) is 10.4. The van der Waals surface area contributed by atoms with Crippen LogP contribution in [0.1, 0.15) is 42.6 Å². The zero-order valence-electron chi connectivity index (χ0n) is 18.5. The van der Waals surface area contributed by atoms with Crippen molar-refractivity contribution >= 4 is 27.8 Å². The fourth-order valence-electron chi connectivity index (χ4n) is 3.51. The van der Waals surface area contributed by atoms with Gasteiger partial charge in [-0.15, -0.1) is 0 Å². The molecule has 1 aromatic rings. The van der Waals surface area contributed by atoms with Crippen LogP contribution in [0.25, 0.3) is 0 Å². The van der Waals surface area contributed by atoms with Crippen LogP contribution in [0.15, 0.2) is 23.1 Å². The highest BCUT2D eigenvalue weighted by atomic mass is 32.2. The highest BCUT2D eigenvalue weighted by Gasteiger charge is 2.30.